The van der Waals surface area contributed by atoms with E-state index in [4.69, 9.17) is 14.2 Å². The van der Waals surface area contributed by atoms with Gasteiger partial charge < -0.3 is 24.3 Å². The van der Waals surface area contributed by atoms with Crippen molar-refractivity contribution in [1.29, 1.82) is 0 Å². The highest BCUT2D eigenvalue weighted by Gasteiger charge is 2.15. The van der Waals surface area contributed by atoms with Crippen molar-refractivity contribution in [3.8, 4) is 23.0 Å². The van der Waals surface area contributed by atoms with Crippen molar-refractivity contribution >= 4 is 17.7 Å². The van der Waals surface area contributed by atoms with Crippen LogP contribution in [0.4, 0.5) is 5.82 Å². The van der Waals surface area contributed by atoms with Gasteiger partial charge in [0.05, 0.1) is 12.7 Å². The fourth-order valence-corrected chi connectivity index (χ4v) is 2.91. The molecule has 152 valence electrons. The number of benzene rings is 2. The third-order valence-electron chi connectivity index (χ3n) is 4.32. The average Bonchev–Trinajstić information content (AvgIpc) is 3.21. The number of pyridine rings is 1. The molecule has 0 atom stereocenters. The number of hydrogen-bond acceptors (Lipinski definition) is 7. The topological polar surface area (TPSA) is 96.0 Å². The van der Waals surface area contributed by atoms with E-state index in [1.165, 1.54) is 25.4 Å². The number of nitrogens with one attached hydrogen (secondary N) is 1. The highest BCUT2D eigenvalue weighted by Crippen LogP contribution is 2.36. The minimum Gasteiger partial charge on any atom is -0.465 e. The SMILES string of the molecule is COC(=O)c1ccc(NC(=O)c2cc(C)cc(Oc3ccc4c(c3)OCO4)c2)nc1. The number of aryl methyl sites for hydroxylation is 1. The van der Waals surface area contributed by atoms with Gasteiger partial charge in [0.2, 0.25) is 6.79 Å². The first-order valence-corrected chi connectivity index (χ1v) is 9.07. The van der Waals surface area contributed by atoms with Crippen LogP contribution < -0.4 is 19.5 Å². The van der Waals surface area contributed by atoms with Crippen LogP contribution in [-0.2, 0) is 4.74 Å². The number of fused-ring (bicyclic) bond motifs is 1. The molecule has 0 spiro atoms. The molecule has 1 aromatic heterocycles. The van der Waals surface area contributed by atoms with Crippen molar-refractivity contribution < 1.29 is 28.5 Å². The van der Waals surface area contributed by atoms with Crippen molar-refractivity contribution in [2.24, 2.45) is 0 Å². The van der Waals surface area contributed by atoms with Gasteiger partial charge in [0.25, 0.3) is 5.91 Å². The number of esters is 1. The Kier molecular flexibility index (Phi) is 5.21. The summed E-state index contributed by atoms with van der Waals surface area (Å²) in [6.07, 6.45) is 1.34. The minimum absolute atomic E-state index is 0.183. The highest BCUT2D eigenvalue weighted by atomic mass is 16.7. The molecular formula is C22H18N2O6. The molecule has 1 amide bonds. The van der Waals surface area contributed by atoms with Crippen molar-refractivity contribution in [3.63, 3.8) is 0 Å². The average molecular weight is 406 g/mol. The Balaban J connectivity index is 1.49. The number of hydrogen-bond donors (Lipinski definition) is 1. The van der Waals surface area contributed by atoms with Gasteiger partial charge in [-0.2, -0.15) is 0 Å². The first-order chi connectivity index (χ1) is 14.5. The summed E-state index contributed by atoms with van der Waals surface area (Å²) >= 11 is 0. The quantitative estimate of drug-likeness (QED) is 0.641. The lowest BCUT2D eigenvalue weighted by molar-refractivity contribution is 0.0600. The number of carbonyl (C=O) groups excluding carboxylic acids is 2. The van der Waals surface area contributed by atoms with E-state index in [-0.39, 0.29) is 12.7 Å². The van der Waals surface area contributed by atoms with Crippen LogP contribution in [0.2, 0.25) is 0 Å². The van der Waals surface area contributed by atoms with Gasteiger partial charge in [-0.1, -0.05) is 0 Å². The Labute approximate surface area is 172 Å². The fourth-order valence-electron chi connectivity index (χ4n) is 2.91. The summed E-state index contributed by atoms with van der Waals surface area (Å²) in [7, 11) is 1.29. The largest absolute Gasteiger partial charge is 0.465 e. The summed E-state index contributed by atoms with van der Waals surface area (Å²) in [6, 6.07) is 13.5. The zero-order valence-corrected chi connectivity index (χ0v) is 16.3. The van der Waals surface area contributed by atoms with Crippen LogP contribution in [0.5, 0.6) is 23.0 Å². The summed E-state index contributed by atoms with van der Waals surface area (Å²) in [5.74, 6) is 1.81. The van der Waals surface area contributed by atoms with Gasteiger partial charge in [0, 0.05) is 17.8 Å². The van der Waals surface area contributed by atoms with E-state index in [0.29, 0.717) is 39.9 Å². The molecule has 3 aromatic rings. The van der Waals surface area contributed by atoms with E-state index in [2.05, 4.69) is 15.0 Å². The maximum Gasteiger partial charge on any atom is 0.339 e. The second-order valence-corrected chi connectivity index (χ2v) is 6.53. The molecule has 0 radical (unpaired) electrons. The Bertz CT molecular complexity index is 1110. The van der Waals surface area contributed by atoms with E-state index >= 15 is 0 Å². The van der Waals surface area contributed by atoms with Crippen LogP contribution in [0.15, 0.2) is 54.7 Å². The van der Waals surface area contributed by atoms with Crippen LogP contribution in [0, 0.1) is 6.92 Å². The summed E-state index contributed by atoms with van der Waals surface area (Å²) in [6.45, 7) is 2.05. The Hall–Kier alpha value is -4.07. The Morgan fingerprint density at radius 2 is 1.80 bits per heavy atom. The molecule has 2 aromatic carbocycles. The summed E-state index contributed by atoms with van der Waals surface area (Å²) in [4.78, 5) is 28.2. The molecule has 2 heterocycles. The van der Waals surface area contributed by atoms with Crippen molar-refractivity contribution in [1.82, 2.24) is 4.98 Å². The van der Waals surface area contributed by atoms with Crippen LogP contribution >= 0.6 is 0 Å². The molecule has 30 heavy (non-hydrogen) atoms. The van der Waals surface area contributed by atoms with E-state index < -0.39 is 5.97 Å². The molecule has 0 saturated carbocycles. The second-order valence-electron chi connectivity index (χ2n) is 6.53. The van der Waals surface area contributed by atoms with Crippen molar-refractivity contribution in [3.05, 3.63) is 71.4 Å². The van der Waals surface area contributed by atoms with Crippen LogP contribution in [0.3, 0.4) is 0 Å². The number of amides is 1. The molecule has 0 fully saturated rings. The predicted molar refractivity (Wildman–Crippen MR) is 107 cm³/mol. The third kappa shape index (κ3) is 4.17. The van der Waals surface area contributed by atoms with E-state index in [1.54, 1.807) is 30.3 Å². The Morgan fingerprint density at radius 3 is 2.57 bits per heavy atom. The van der Waals surface area contributed by atoms with Crippen LogP contribution in [0.1, 0.15) is 26.3 Å². The van der Waals surface area contributed by atoms with Crippen LogP contribution in [0.25, 0.3) is 0 Å². The number of nitrogens with zero attached hydrogens (tertiary/aromatic N) is 1. The number of carbonyl (C=O) groups is 2. The fraction of sp³-hybridized carbons (Fsp3) is 0.136. The molecule has 1 aliphatic heterocycles. The minimum atomic E-state index is -0.496. The molecule has 8 nitrogen and oxygen atoms in total. The van der Waals surface area contributed by atoms with Crippen LogP contribution in [-0.4, -0.2) is 30.8 Å². The molecule has 1 aliphatic rings. The zero-order valence-electron chi connectivity index (χ0n) is 16.3. The van der Waals surface area contributed by atoms with E-state index in [0.717, 1.165) is 5.56 Å². The number of methoxy groups -OCH3 is 1. The summed E-state index contributed by atoms with van der Waals surface area (Å²) in [5.41, 5.74) is 1.56. The molecule has 4 rings (SSSR count). The standard InChI is InChI=1S/C22H18N2O6/c1-13-7-15(21(25)24-20-6-3-14(11-23-20)22(26)27-2)9-17(8-13)30-16-4-5-18-19(10-16)29-12-28-18/h3-11H,12H2,1-2H3,(H,23,24,25). The molecular weight excluding hydrogens is 388 g/mol. The maximum atomic E-state index is 12.7. The lowest BCUT2D eigenvalue weighted by Crippen LogP contribution is -2.13. The van der Waals surface area contributed by atoms with E-state index in [1.807, 2.05) is 13.0 Å². The lowest BCUT2D eigenvalue weighted by atomic mass is 10.1. The lowest BCUT2D eigenvalue weighted by Gasteiger charge is -2.10. The smallest absolute Gasteiger partial charge is 0.339 e. The molecule has 0 saturated heterocycles. The second kappa shape index (κ2) is 8.12. The van der Waals surface area contributed by atoms with Gasteiger partial charge >= 0.3 is 5.97 Å². The summed E-state index contributed by atoms with van der Waals surface area (Å²) < 4.78 is 21.2. The molecule has 1 N–H and O–H groups in total. The first kappa shape index (κ1) is 19.3. The molecule has 8 heteroatoms. The van der Waals surface area contributed by atoms with Gasteiger partial charge in [-0.25, -0.2) is 9.78 Å². The normalized spacial score (nSPS) is 11.7. The van der Waals surface area contributed by atoms with Gasteiger partial charge in [-0.05, 0) is 55.0 Å². The van der Waals surface area contributed by atoms with E-state index in [9.17, 15) is 9.59 Å². The van der Waals surface area contributed by atoms with Crippen molar-refractivity contribution in [2.75, 3.05) is 19.2 Å². The highest BCUT2D eigenvalue weighted by molar-refractivity contribution is 6.04. The molecule has 0 aliphatic carbocycles. The number of anilines is 1. The molecule has 0 unspecified atom stereocenters. The number of aromatic nitrogens is 1. The monoisotopic (exact) mass is 406 g/mol. The predicted octanol–water partition coefficient (Wildman–Crippen LogP) is 3.95. The van der Waals surface area contributed by atoms with Gasteiger partial charge in [0.15, 0.2) is 11.5 Å². The molecule has 0 bridgehead atoms. The van der Waals surface area contributed by atoms with Gasteiger partial charge in [-0.15, -0.1) is 0 Å². The van der Waals surface area contributed by atoms with Gasteiger partial charge in [0.1, 0.15) is 17.3 Å². The number of ether oxygens (including phenoxy) is 4. The van der Waals surface area contributed by atoms with Crippen molar-refractivity contribution in [2.45, 2.75) is 6.92 Å². The Morgan fingerprint density at radius 1 is 0.967 bits per heavy atom. The van der Waals surface area contributed by atoms with Gasteiger partial charge in [-0.3, -0.25) is 4.79 Å². The number of rotatable bonds is 5. The zero-order chi connectivity index (χ0) is 21.1. The summed E-state index contributed by atoms with van der Waals surface area (Å²) in [5, 5.41) is 2.70. The maximum absolute atomic E-state index is 12.7. The first-order valence-electron chi connectivity index (χ1n) is 9.07. The third-order valence-corrected chi connectivity index (χ3v) is 4.32.